The number of hydrogen-bond donors (Lipinski definition) is 1. The first kappa shape index (κ1) is 13.8. The zero-order valence-corrected chi connectivity index (χ0v) is 8.49. The molecule has 0 aliphatic heterocycles. The molecule has 0 fully saturated rings. The Hall–Kier alpha value is -1.24. The zero-order chi connectivity index (χ0) is 13.2. The van der Waals surface area contributed by atoms with Crippen LogP contribution in [0.1, 0.15) is 24.4 Å². The SMILES string of the molecule is NC(CCC(F)(F)F)c1cc(F)c(F)cc1F. The van der Waals surface area contributed by atoms with Gasteiger partial charge in [0.05, 0.1) is 0 Å². The average Bonchev–Trinajstić information content (AvgIpc) is 2.19. The van der Waals surface area contributed by atoms with Crippen LogP contribution in [0.5, 0.6) is 0 Å². The Morgan fingerprint density at radius 2 is 1.53 bits per heavy atom. The minimum Gasteiger partial charge on any atom is -0.324 e. The summed E-state index contributed by atoms with van der Waals surface area (Å²) in [6, 6.07) is -0.587. The number of nitrogens with two attached hydrogens (primary N) is 1. The van der Waals surface area contributed by atoms with Gasteiger partial charge < -0.3 is 5.73 Å². The third-order valence-corrected chi connectivity index (χ3v) is 2.18. The van der Waals surface area contributed by atoms with E-state index in [1.54, 1.807) is 0 Å². The number of halogens is 6. The van der Waals surface area contributed by atoms with Gasteiger partial charge in [-0.1, -0.05) is 0 Å². The van der Waals surface area contributed by atoms with Crippen molar-refractivity contribution in [1.29, 1.82) is 0 Å². The van der Waals surface area contributed by atoms with E-state index < -0.39 is 48.1 Å². The molecule has 1 rings (SSSR count). The summed E-state index contributed by atoms with van der Waals surface area (Å²) in [4.78, 5) is 0. The normalized spacial score (nSPS) is 13.8. The lowest BCUT2D eigenvalue weighted by molar-refractivity contribution is -0.136. The van der Waals surface area contributed by atoms with Crippen LogP contribution in [0.3, 0.4) is 0 Å². The Kier molecular flexibility index (Phi) is 4.03. The van der Waals surface area contributed by atoms with Gasteiger partial charge in [-0.15, -0.1) is 0 Å². The molecule has 1 aromatic carbocycles. The number of alkyl halides is 3. The van der Waals surface area contributed by atoms with Crippen LogP contribution < -0.4 is 5.73 Å². The van der Waals surface area contributed by atoms with Crippen molar-refractivity contribution in [3.05, 3.63) is 35.1 Å². The van der Waals surface area contributed by atoms with Crippen molar-refractivity contribution < 1.29 is 26.3 Å². The molecule has 0 amide bonds. The molecule has 0 bridgehead atoms. The Bertz CT molecular complexity index is 401. The summed E-state index contributed by atoms with van der Waals surface area (Å²) < 4.78 is 74.1. The van der Waals surface area contributed by atoms with Crippen molar-refractivity contribution in [1.82, 2.24) is 0 Å². The second-order valence-corrected chi connectivity index (χ2v) is 3.55. The van der Waals surface area contributed by atoms with Gasteiger partial charge in [0.1, 0.15) is 5.82 Å². The summed E-state index contributed by atoms with van der Waals surface area (Å²) in [5.41, 5.74) is 4.83. The molecule has 1 unspecified atom stereocenters. The fourth-order valence-electron chi connectivity index (χ4n) is 1.30. The fourth-order valence-corrected chi connectivity index (χ4v) is 1.30. The van der Waals surface area contributed by atoms with Crippen LogP contribution in [-0.2, 0) is 0 Å². The summed E-state index contributed by atoms with van der Waals surface area (Å²) in [6.45, 7) is 0. The molecule has 17 heavy (non-hydrogen) atoms. The van der Waals surface area contributed by atoms with Crippen molar-refractivity contribution in [2.45, 2.75) is 25.1 Å². The molecular weight excluding hydrogens is 248 g/mol. The predicted molar refractivity (Wildman–Crippen MR) is 48.5 cm³/mol. The average molecular weight is 257 g/mol. The van der Waals surface area contributed by atoms with E-state index in [0.29, 0.717) is 6.07 Å². The van der Waals surface area contributed by atoms with Crippen LogP contribution in [-0.4, -0.2) is 6.18 Å². The fraction of sp³-hybridized carbons (Fsp3) is 0.400. The maximum atomic E-state index is 13.1. The second-order valence-electron chi connectivity index (χ2n) is 3.55. The summed E-state index contributed by atoms with van der Waals surface area (Å²) >= 11 is 0. The van der Waals surface area contributed by atoms with E-state index in [2.05, 4.69) is 0 Å². The molecule has 1 atom stereocenters. The number of benzene rings is 1. The zero-order valence-electron chi connectivity index (χ0n) is 8.49. The molecule has 0 heterocycles. The molecule has 96 valence electrons. The van der Waals surface area contributed by atoms with E-state index in [1.165, 1.54) is 0 Å². The van der Waals surface area contributed by atoms with Gasteiger partial charge in [-0.05, 0) is 12.5 Å². The van der Waals surface area contributed by atoms with Crippen LogP contribution in [0.4, 0.5) is 26.3 Å². The van der Waals surface area contributed by atoms with E-state index in [9.17, 15) is 26.3 Å². The van der Waals surface area contributed by atoms with Gasteiger partial charge in [0, 0.05) is 24.1 Å². The summed E-state index contributed by atoms with van der Waals surface area (Å²) in [5, 5.41) is 0. The van der Waals surface area contributed by atoms with Crippen LogP contribution >= 0.6 is 0 Å². The molecule has 1 nitrogen and oxygen atoms in total. The van der Waals surface area contributed by atoms with Crippen LogP contribution in [0.15, 0.2) is 12.1 Å². The van der Waals surface area contributed by atoms with E-state index >= 15 is 0 Å². The van der Waals surface area contributed by atoms with E-state index in [4.69, 9.17) is 5.73 Å². The van der Waals surface area contributed by atoms with E-state index in [-0.39, 0.29) is 6.07 Å². The Morgan fingerprint density at radius 1 is 1.00 bits per heavy atom. The monoisotopic (exact) mass is 257 g/mol. The Morgan fingerprint density at radius 3 is 2.06 bits per heavy atom. The van der Waals surface area contributed by atoms with Crippen LogP contribution in [0, 0.1) is 17.5 Å². The molecule has 0 aliphatic rings. The highest BCUT2D eigenvalue weighted by Crippen LogP contribution is 2.28. The summed E-state index contributed by atoms with van der Waals surface area (Å²) in [6.07, 6.45) is -6.23. The molecule has 0 radical (unpaired) electrons. The maximum Gasteiger partial charge on any atom is 0.389 e. The van der Waals surface area contributed by atoms with Crippen molar-refractivity contribution in [2.24, 2.45) is 5.73 Å². The van der Waals surface area contributed by atoms with Crippen molar-refractivity contribution in [2.75, 3.05) is 0 Å². The molecule has 2 N–H and O–H groups in total. The number of rotatable bonds is 3. The van der Waals surface area contributed by atoms with Crippen LogP contribution in [0.25, 0.3) is 0 Å². The highest BCUT2D eigenvalue weighted by molar-refractivity contribution is 5.23. The highest BCUT2D eigenvalue weighted by Gasteiger charge is 2.28. The lowest BCUT2D eigenvalue weighted by Crippen LogP contribution is -2.17. The molecular formula is C10H9F6N. The molecule has 0 saturated heterocycles. The molecule has 0 aliphatic carbocycles. The van der Waals surface area contributed by atoms with Gasteiger partial charge in [0.2, 0.25) is 0 Å². The largest absolute Gasteiger partial charge is 0.389 e. The van der Waals surface area contributed by atoms with Crippen molar-refractivity contribution in [3.63, 3.8) is 0 Å². The Balaban J connectivity index is 2.82. The Labute approximate surface area is 93.2 Å². The molecule has 0 saturated carbocycles. The lowest BCUT2D eigenvalue weighted by atomic mass is 10.0. The van der Waals surface area contributed by atoms with Crippen LogP contribution in [0.2, 0.25) is 0 Å². The molecule has 0 spiro atoms. The minimum atomic E-state index is -4.42. The third-order valence-electron chi connectivity index (χ3n) is 2.18. The summed E-state index contributed by atoms with van der Waals surface area (Å²) in [7, 11) is 0. The van der Waals surface area contributed by atoms with Gasteiger partial charge in [-0.2, -0.15) is 13.2 Å². The first-order valence-corrected chi connectivity index (χ1v) is 4.67. The first-order chi connectivity index (χ1) is 7.70. The number of hydrogen-bond acceptors (Lipinski definition) is 1. The van der Waals surface area contributed by atoms with Gasteiger partial charge in [-0.3, -0.25) is 0 Å². The lowest BCUT2D eigenvalue weighted by Gasteiger charge is -2.14. The second kappa shape index (κ2) is 4.95. The quantitative estimate of drug-likeness (QED) is 0.651. The third kappa shape index (κ3) is 3.92. The van der Waals surface area contributed by atoms with Gasteiger partial charge in [-0.25, -0.2) is 13.2 Å². The standard InChI is InChI=1S/C10H9F6N/c11-6-4-8(13)7(12)3-5(6)9(17)1-2-10(14,15)16/h3-4,9H,1-2,17H2. The van der Waals surface area contributed by atoms with Crippen molar-refractivity contribution in [3.8, 4) is 0 Å². The van der Waals surface area contributed by atoms with Crippen molar-refractivity contribution >= 4 is 0 Å². The van der Waals surface area contributed by atoms with E-state index in [0.717, 1.165) is 0 Å². The molecule has 1 aromatic rings. The highest BCUT2D eigenvalue weighted by atomic mass is 19.4. The van der Waals surface area contributed by atoms with Gasteiger partial charge in [0.25, 0.3) is 0 Å². The van der Waals surface area contributed by atoms with Gasteiger partial charge >= 0.3 is 6.18 Å². The summed E-state index contributed by atoms with van der Waals surface area (Å²) in [5.74, 6) is -3.91. The molecule has 7 heteroatoms. The minimum absolute atomic E-state index is 0.262. The van der Waals surface area contributed by atoms with Gasteiger partial charge in [0.15, 0.2) is 11.6 Å². The maximum absolute atomic E-state index is 13.1. The first-order valence-electron chi connectivity index (χ1n) is 4.67. The smallest absolute Gasteiger partial charge is 0.324 e. The van der Waals surface area contributed by atoms with E-state index in [1.807, 2.05) is 0 Å². The molecule has 0 aromatic heterocycles. The topological polar surface area (TPSA) is 26.0 Å². The predicted octanol–water partition coefficient (Wildman–Crippen LogP) is 3.45.